The summed E-state index contributed by atoms with van der Waals surface area (Å²) in [5.74, 6) is -5.40. The first-order valence-electron chi connectivity index (χ1n) is 6.27. The molecule has 116 valence electrons. The van der Waals surface area contributed by atoms with Crippen molar-refractivity contribution in [3.63, 3.8) is 0 Å². The van der Waals surface area contributed by atoms with Crippen molar-refractivity contribution in [3.05, 3.63) is 35.9 Å². The van der Waals surface area contributed by atoms with Gasteiger partial charge >= 0.3 is 18.3 Å². The highest BCUT2D eigenvalue weighted by atomic mass is 19.3. The van der Waals surface area contributed by atoms with Crippen LogP contribution in [0.5, 0.6) is 0 Å². The quantitative estimate of drug-likeness (QED) is 0.440. The van der Waals surface area contributed by atoms with Crippen LogP contribution in [0.1, 0.15) is 18.9 Å². The number of aliphatic imine (C=N–C) groups is 1. The molecular formula is C14H15F4NO2. The third-order valence-electron chi connectivity index (χ3n) is 2.60. The number of alkyl halides is 4. The molecule has 0 bridgehead atoms. The molecule has 0 radical (unpaired) electrons. The first kappa shape index (κ1) is 17.1. The summed E-state index contributed by atoms with van der Waals surface area (Å²) >= 11 is 0. The number of hydrogen-bond acceptors (Lipinski definition) is 3. The molecule has 0 aliphatic heterocycles. The minimum Gasteiger partial charge on any atom is -0.466 e. The highest BCUT2D eigenvalue weighted by Crippen LogP contribution is 2.31. The van der Waals surface area contributed by atoms with E-state index in [-0.39, 0.29) is 6.61 Å². The number of benzene rings is 1. The van der Waals surface area contributed by atoms with Crippen LogP contribution in [0.4, 0.5) is 17.6 Å². The van der Waals surface area contributed by atoms with Crippen molar-refractivity contribution in [3.8, 4) is 0 Å². The van der Waals surface area contributed by atoms with Crippen LogP contribution < -0.4 is 0 Å². The molecule has 1 aromatic rings. The molecule has 0 aromatic heterocycles. The highest BCUT2D eigenvalue weighted by molar-refractivity contribution is 5.80. The first-order valence-corrected chi connectivity index (χ1v) is 6.27. The number of esters is 1. The minimum atomic E-state index is -4.40. The van der Waals surface area contributed by atoms with Crippen molar-refractivity contribution >= 4 is 12.2 Å². The van der Waals surface area contributed by atoms with Crippen molar-refractivity contribution < 1.29 is 27.1 Å². The van der Waals surface area contributed by atoms with Crippen LogP contribution in [-0.2, 0) is 9.53 Å². The summed E-state index contributed by atoms with van der Waals surface area (Å²) in [6.45, 7) is 1.47. The third kappa shape index (κ3) is 5.17. The predicted octanol–water partition coefficient (Wildman–Crippen LogP) is 3.33. The Morgan fingerprint density at radius 3 is 2.48 bits per heavy atom. The van der Waals surface area contributed by atoms with E-state index < -0.39 is 30.8 Å². The molecule has 1 aromatic carbocycles. The molecule has 0 aliphatic rings. The second-order valence-electron chi connectivity index (χ2n) is 4.19. The molecule has 0 saturated heterocycles. The van der Waals surface area contributed by atoms with Gasteiger partial charge in [0.15, 0.2) is 0 Å². The van der Waals surface area contributed by atoms with E-state index in [4.69, 9.17) is 0 Å². The Morgan fingerprint density at radius 2 is 1.95 bits per heavy atom. The van der Waals surface area contributed by atoms with Crippen LogP contribution in [0, 0.1) is 0 Å². The van der Waals surface area contributed by atoms with Crippen molar-refractivity contribution in [2.45, 2.75) is 31.7 Å². The Bertz CT molecular complexity index is 477. The van der Waals surface area contributed by atoms with Gasteiger partial charge in [0, 0.05) is 6.21 Å². The number of halogens is 4. The SMILES string of the molecule is CCOC(=O)C[C@@H](N=Cc1ccccc1)C(F)(F)C(F)F. The second kappa shape index (κ2) is 7.75. The number of ether oxygens (including phenoxy) is 1. The third-order valence-corrected chi connectivity index (χ3v) is 2.60. The molecule has 7 heteroatoms. The Labute approximate surface area is 119 Å². The van der Waals surface area contributed by atoms with E-state index in [1.54, 1.807) is 30.3 Å². The molecule has 1 rings (SSSR count). The highest BCUT2D eigenvalue weighted by Gasteiger charge is 2.49. The van der Waals surface area contributed by atoms with E-state index >= 15 is 0 Å². The van der Waals surface area contributed by atoms with Crippen LogP contribution in [0.25, 0.3) is 0 Å². The molecular weight excluding hydrogens is 290 g/mol. The fraction of sp³-hybridized carbons (Fsp3) is 0.429. The topological polar surface area (TPSA) is 38.7 Å². The smallest absolute Gasteiger partial charge is 0.329 e. The van der Waals surface area contributed by atoms with Crippen LogP contribution in [-0.4, -0.2) is 37.2 Å². The van der Waals surface area contributed by atoms with Crippen molar-refractivity contribution in [1.82, 2.24) is 0 Å². The second-order valence-corrected chi connectivity index (χ2v) is 4.19. The summed E-state index contributed by atoms with van der Waals surface area (Å²) in [7, 11) is 0. The van der Waals surface area contributed by atoms with Gasteiger partial charge in [0.1, 0.15) is 6.04 Å². The molecule has 0 unspecified atom stereocenters. The summed E-state index contributed by atoms with van der Waals surface area (Å²) in [6.07, 6.45) is -3.78. The maximum absolute atomic E-state index is 13.4. The molecule has 0 amide bonds. The lowest BCUT2D eigenvalue weighted by Gasteiger charge is -2.22. The molecule has 0 aliphatic carbocycles. The van der Waals surface area contributed by atoms with E-state index in [1.165, 1.54) is 6.92 Å². The van der Waals surface area contributed by atoms with E-state index in [1.807, 2.05) is 0 Å². The van der Waals surface area contributed by atoms with Crippen molar-refractivity contribution in [2.75, 3.05) is 6.61 Å². The fourth-order valence-corrected chi connectivity index (χ4v) is 1.53. The van der Waals surface area contributed by atoms with Gasteiger partial charge in [-0.05, 0) is 12.5 Å². The van der Waals surface area contributed by atoms with Crippen LogP contribution >= 0.6 is 0 Å². The van der Waals surface area contributed by atoms with E-state index in [0.717, 1.165) is 6.21 Å². The van der Waals surface area contributed by atoms with Crippen LogP contribution in [0.2, 0.25) is 0 Å². The van der Waals surface area contributed by atoms with Gasteiger partial charge in [-0.25, -0.2) is 8.78 Å². The lowest BCUT2D eigenvalue weighted by Crippen LogP contribution is -2.41. The van der Waals surface area contributed by atoms with Crippen LogP contribution in [0.3, 0.4) is 0 Å². The Morgan fingerprint density at radius 1 is 1.33 bits per heavy atom. The summed E-state index contributed by atoms with van der Waals surface area (Å²) in [4.78, 5) is 14.7. The maximum atomic E-state index is 13.4. The molecule has 0 heterocycles. The van der Waals surface area contributed by atoms with Crippen molar-refractivity contribution in [2.24, 2.45) is 4.99 Å². The monoisotopic (exact) mass is 305 g/mol. The van der Waals surface area contributed by atoms with Gasteiger partial charge in [0.2, 0.25) is 0 Å². The standard InChI is InChI=1S/C14H15F4NO2/c1-2-21-12(20)8-11(14(17,18)13(15)16)19-9-10-6-4-3-5-7-10/h3-7,9,11,13H,2,8H2,1H3/t11-/m1/s1. The summed E-state index contributed by atoms with van der Waals surface area (Å²) in [5, 5.41) is 0. The zero-order chi connectivity index (χ0) is 15.9. The van der Waals surface area contributed by atoms with Crippen LogP contribution in [0.15, 0.2) is 35.3 Å². The Balaban J connectivity index is 2.91. The maximum Gasteiger partial charge on any atom is 0.329 e. The molecule has 21 heavy (non-hydrogen) atoms. The lowest BCUT2D eigenvalue weighted by molar-refractivity contribution is -0.159. The van der Waals surface area contributed by atoms with E-state index in [0.29, 0.717) is 5.56 Å². The number of carbonyl (C=O) groups excluding carboxylic acids is 1. The largest absolute Gasteiger partial charge is 0.466 e. The number of rotatable bonds is 7. The Kier molecular flexibility index (Phi) is 6.33. The normalized spacial score (nSPS) is 13.6. The lowest BCUT2D eigenvalue weighted by atomic mass is 10.1. The molecule has 1 atom stereocenters. The number of nitrogens with zero attached hydrogens (tertiary/aromatic N) is 1. The predicted molar refractivity (Wildman–Crippen MR) is 70.0 cm³/mol. The minimum absolute atomic E-state index is 0.0196. The molecule has 0 N–H and O–H groups in total. The zero-order valence-electron chi connectivity index (χ0n) is 11.3. The Hall–Kier alpha value is -1.92. The van der Waals surface area contributed by atoms with Gasteiger partial charge in [-0.3, -0.25) is 9.79 Å². The first-order chi connectivity index (χ1) is 9.87. The summed E-state index contributed by atoms with van der Waals surface area (Å²) in [5.41, 5.74) is 0.469. The summed E-state index contributed by atoms with van der Waals surface area (Å²) in [6, 6.07) is 5.98. The molecule has 0 saturated carbocycles. The molecule has 0 fully saturated rings. The fourth-order valence-electron chi connectivity index (χ4n) is 1.53. The van der Waals surface area contributed by atoms with Gasteiger partial charge in [0.05, 0.1) is 13.0 Å². The van der Waals surface area contributed by atoms with E-state index in [9.17, 15) is 22.4 Å². The molecule has 0 spiro atoms. The summed E-state index contributed by atoms with van der Waals surface area (Å²) < 4.78 is 56.3. The molecule has 3 nitrogen and oxygen atoms in total. The van der Waals surface area contributed by atoms with Gasteiger partial charge in [-0.1, -0.05) is 30.3 Å². The zero-order valence-corrected chi connectivity index (χ0v) is 11.3. The van der Waals surface area contributed by atoms with Crippen molar-refractivity contribution in [1.29, 1.82) is 0 Å². The van der Waals surface area contributed by atoms with Gasteiger partial charge in [-0.2, -0.15) is 8.78 Å². The van der Waals surface area contributed by atoms with Gasteiger partial charge in [-0.15, -0.1) is 0 Å². The average Bonchev–Trinajstić information content (AvgIpc) is 2.44. The van der Waals surface area contributed by atoms with E-state index in [2.05, 4.69) is 9.73 Å². The van der Waals surface area contributed by atoms with Gasteiger partial charge < -0.3 is 4.74 Å². The number of hydrogen-bond donors (Lipinski definition) is 0. The average molecular weight is 305 g/mol. The number of carbonyl (C=O) groups is 1. The van der Waals surface area contributed by atoms with Gasteiger partial charge in [0.25, 0.3) is 0 Å².